The summed E-state index contributed by atoms with van der Waals surface area (Å²) < 4.78 is 44.0. The van der Waals surface area contributed by atoms with Crippen LogP contribution < -0.4 is 0 Å². The predicted octanol–water partition coefficient (Wildman–Crippen LogP) is 4.90. The number of oxime groups is 1. The van der Waals surface area contributed by atoms with Crippen molar-refractivity contribution < 1.29 is 18.0 Å². The maximum Gasteiger partial charge on any atom is 0.435 e. The van der Waals surface area contributed by atoms with Crippen molar-refractivity contribution >= 4 is 28.9 Å². The van der Waals surface area contributed by atoms with E-state index in [2.05, 4.69) is 15.2 Å². The number of alkyl halides is 3. The molecule has 0 radical (unpaired) electrons. The number of nitrogens with zero attached hydrogens (tertiary/aromatic N) is 6. The summed E-state index contributed by atoms with van der Waals surface area (Å²) in [5.74, 6) is 0. The van der Waals surface area contributed by atoms with E-state index >= 15 is 0 Å². The van der Waals surface area contributed by atoms with Crippen molar-refractivity contribution in [1.82, 2.24) is 14.8 Å². The number of aromatic nitrogens is 3. The van der Waals surface area contributed by atoms with Crippen LogP contribution in [0.3, 0.4) is 0 Å². The molecule has 0 saturated heterocycles. The summed E-state index contributed by atoms with van der Waals surface area (Å²) >= 11 is 11.9. The van der Waals surface area contributed by atoms with E-state index in [-0.39, 0.29) is 32.4 Å². The third-order valence-corrected chi connectivity index (χ3v) is 5.52. The van der Waals surface area contributed by atoms with Gasteiger partial charge in [-0.15, -0.1) is 0 Å². The van der Waals surface area contributed by atoms with Crippen molar-refractivity contribution in [2.75, 3.05) is 0 Å². The summed E-state index contributed by atoms with van der Waals surface area (Å²) in [6.07, 6.45) is -2.91. The lowest BCUT2D eigenvalue weighted by atomic mass is 9.86. The molecule has 1 aliphatic rings. The van der Waals surface area contributed by atoms with Crippen LogP contribution in [0.2, 0.25) is 10.0 Å². The molecular weight excluding hydrogens is 468 g/mol. The molecule has 7 nitrogen and oxygen atoms in total. The highest BCUT2D eigenvalue weighted by Crippen LogP contribution is 2.50. The molecule has 32 heavy (non-hydrogen) atoms. The van der Waals surface area contributed by atoms with Gasteiger partial charge in [0, 0.05) is 17.5 Å². The lowest BCUT2D eigenvalue weighted by molar-refractivity contribution is -0.275. The highest BCUT2D eigenvalue weighted by atomic mass is 35.5. The Kier molecular flexibility index (Phi) is 5.29. The first-order chi connectivity index (χ1) is 15.2. The van der Waals surface area contributed by atoms with E-state index in [0.29, 0.717) is 5.69 Å². The van der Waals surface area contributed by atoms with Crippen LogP contribution in [-0.2, 0) is 10.4 Å². The van der Waals surface area contributed by atoms with Crippen molar-refractivity contribution in [2.45, 2.75) is 18.2 Å². The van der Waals surface area contributed by atoms with E-state index in [1.807, 2.05) is 6.07 Å². The van der Waals surface area contributed by atoms with Crippen molar-refractivity contribution in [1.29, 1.82) is 10.5 Å². The van der Waals surface area contributed by atoms with Crippen LogP contribution >= 0.6 is 23.2 Å². The lowest BCUT2D eigenvalue weighted by Crippen LogP contribution is -2.42. The molecule has 0 aliphatic carbocycles. The van der Waals surface area contributed by atoms with Gasteiger partial charge in [0.05, 0.1) is 32.6 Å². The van der Waals surface area contributed by atoms with Crippen LogP contribution in [0.15, 0.2) is 48.1 Å². The number of nitriles is 2. The number of benzene rings is 2. The minimum atomic E-state index is -4.89. The van der Waals surface area contributed by atoms with Crippen molar-refractivity contribution in [2.24, 2.45) is 5.16 Å². The zero-order valence-electron chi connectivity index (χ0n) is 15.7. The van der Waals surface area contributed by atoms with E-state index in [4.69, 9.17) is 33.3 Å². The molecule has 160 valence electrons. The number of rotatable bonds is 3. The Hall–Kier alpha value is -3.60. The van der Waals surface area contributed by atoms with Gasteiger partial charge in [-0.05, 0) is 24.3 Å². The van der Waals surface area contributed by atoms with Crippen LogP contribution in [0.5, 0.6) is 0 Å². The average molecular weight is 477 g/mol. The zero-order valence-corrected chi connectivity index (χ0v) is 17.2. The van der Waals surface area contributed by atoms with Crippen LogP contribution in [0.4, 0.5) is 13.2 Å². The normalized spacial score (nSPS) is 17.9. The van der Waals surface area contributed by atoms with Gasteiger partial charge in [0.2, 0.25) is 0 Å². The predicted molar refractivity (Wildman–Crippen MR) is 107 cm³/mol. The van der Waals surface area contributed by atoms with Crippen molar-refractivity contribution in [3.63, 3.8) is 0 Å². The molecule has 1 atom stereocenters. The zero-order chi connectivity index (χ0) is 23.1. The smallest absolute Gasteiger partial charge is 0.374 e. The molecule has 0 spiro atoms. The molecular formula is C20H9Cl2F3N6O. The second-order valence-electron chi connectivity index (χ2n) is 6.74. The van der Waals surface area contributed by atoms with Gasteiger partial charge >= 0.3 is 6.18 Å². The Bertz CT molecular complexity index is 1300. The second-order valence-corrected chi connectivity index (χ2v) is 7.56. The molecule has 0 amide bonds. The Morgan fingerprint density at radius 3 is 2.38 bits per heavy atom. The molecule has 12 heteroatoms. The molecule has 0 bridgehead atoms. The van der Waals surface area contributed by atoms with Gasteiger partial charge < -0.3 is 4.84 Å². The summed E-state index contributed by atoms with van der Waals surface area (Å²) in [5.41, 5.74) is -2.59. The first kappa shape index (κ1) is 21.6. The summed E-state index contributed by atoms with van der Waals surface area (Å²) in [7, 11) is 0. The first-order valence-electron chi connectivity index (χ1n) is 8.81. The number of halogens is 5. The topological polar surface area (TPSA) is 99.9 Å². The first-order valence-corrected chi connectivity index (χ1v) is 9.56. The lowest BCUT2D eigenvalue weighted by Gasteiger charge is -2.29. The molecule has 1 aromatic heterocycles. The van der Waals surface area contributed by atoms with E-state index in [0.717, 1.165) is 12.1 Å². The third-order valence-electron chi connectivity index (χ3n) is 4.92. The molecule has 0 fully saturated rings. The highest BCUT2D eigenvalue weighted by Gasteiger charge is 2.62. The van der Waals surface area contributed by atoms with Gasteiger partial charge in [0.15, 0.2) is 0 Å². The second kappa shape index (κ2) is 7.83. The molecule has 2 aromatic carbocycles. The van der Waals surface area contributed by atoms with Gasteiger partial charge in [-0.25, -0.2) is 9.67 Å². The summed E-state index contributed by atoms with van der Waals surface area (Å²) in [4.78, 5) is 8.78. The molecule has 0 N–H and O–H groups in total. The third kappa shape index (κ3) is 3.44. The molecule has 2 heterocycles. The van der Waals surface area contributed by atoms with E-state index in [9.17, 15) is 18.4 Å². The largest absolute Gasteiger partial charge is 0.435 e. The monoisotopic (exact) mass is 476 g/mol. The summed E-state index contributed by atoms with van der Waals surface area (Å²) in [6.45, 7) is 0. The average Bonchev–Trinajstić information content (AvgIpc) is 3.43. The van der Waals surface area contributed by atoms with Crippen LogP contribution in [-0.4, -0.2) is 26.7 Å². The highest BCUT2D eigenvalue weighted by molar-refractivity contribution is 6.36. The minimum absolute atomic E-state index is 0.0273. The van der Waals surface area contributed by atoms with Crippen LogP contribution in [0.1, 0.15) is 28.7 Å². The Balaban J connectivity index is 1.75. The Morgan fingerprint density at radius 1 is 1.09 bits per heavy atom. The summed E-state index contributed by atoms with van der Waals surface area (Å²) in [6, 6.07) is 10.1. The fourth-order valence-electron chi connectivity index (χ4n) is 3.31. The molecule has 1 unspecified atom stereocenters. The fraction of sp³-hybridized carbons (Fsp3) is 0.150. The van der Waals surface area contributed by atoms with Gasteiger partial charge in [0.1, 0.15) is 24.8 Å². The number of hydrogen-bond acceptors (Lipinski definition) is 6. The molecule has 4 rings (SSSR count). The van der Waals surface area contributed by atoms with Crippen molar-refractivity contribution in [3.8, 4) is 17.8 Å². The fourth-order valence-corrected chi connectivity index (χ4v) is 3.88. The van der Waals surface area contributed by atoms with Crippen LogP contribution in [0, 0.1) is 22.7 Å². The van der Waals surface area contributed by atoms with E-state index in [1.54, 1.807) is 6.07 Å². The quantitative estimate of drug-likeness (QED) is 0.535. The number of hydrogen-bond donors (Lipinski definition) is 0. The van der Waals surface area contributed by atoms with E-state index < -0.39 is 23.8 Å². The molecule has 0 saturated carbocycles. The SMILES string of the molecule is N#Cc1cc(C2=NOC(c3cc(Cl)c(C#N)c(Cl)c3)(C(F)(F)F)C2)ccc1-n1cncn1. The van der Waals surface area contributed by atoms with Gasteiger partial charge in [-0.2, -0.15) is 28.8 Å². The minimum Gasteiger partial charge on any atom is -0.374 e. The maximum absolute atomic E-state index is 14.2. The van der Waals surface area contributed by atoms with E-state index in [1.165, 1.54) is 35.5 Å². The Labute approximate surface area is 188 Å². The molecule has 1 aliphatic heterocycles. The van der Waals surface area contributed by atoms with Crippen molar-refractivity contribution in [3.05, 3.63) is 75.3 Å². The van der Waals surface area contributed by atoms with Gasteiger partial charge in [-0.1, -0.05) is 34.4 Å². The standard InChI is InChI=1S/C20H9Cl2F3N6O/c21-15-4-13(5-16(22)14(15)8-27)19(20(23,24)25)6-17(30-32-19)11-1-2-18(12(3-11)7-26)31-10-28-9-29-31/h1-5,9-10H,6H2. The maximum atomic E-state index is 14.2. The Morgan fingerprint density at radius 2 is 1.81 bits per heavy atom. The van der Waals surface area contributed by atoms with Crippen LogP contribution in [0.25, 0.3) is 5.69 Å². The van der Waals surface area contributed by atoms with Gasteiger partial charge in [0.25, 0.3) is 5.60 Å². The molecule has 3 aromatic rings. The summed E-state index contributed by atoms with van der Waals surface area (Å²) in [5, 5.41) is 25.7. The van der Waals surface area contributed by atoms with Gasteiger partial charge in [-0.3, -0.25) is 0 Å².